The van der Waals surface area contributed by atoms with Crippen molar-refractivity contribution in [2.75, 3.05) is 0 Å². The molecule has 0 amide bonds. The minimum absolute atomic E-state index is 0.567. The lowest BCUT2D eigenvalue weighted by atomic mass is 9.93. The van der Waals surface area contributed by atoms with Gasteiger partial charge in [-0.2, -0.15) is 21.0 Å². The van der Waals surface area contributed by atoms with Crippen LogP contribution in [0, 0.1) is 45.3 Å². The van der Waals surface area contributed by atoms with Crippen LogP contribution < -0.4 is 0 Å². The molecule has 71 heavy (non-hydrogen) atoms. The van der Waals surface area contributed by atoms with Gasteiger partial charge in [0, 0.05) is 49.4 Å². The molecule has 13 aromatic rings. The normalized spacial score (nSPS) is 11.3. The molecule has 0 spiro atoms. The van der Waals surface area contributed by atoms with E-state index in [2.05, 4.69) is 178 Å². The van der Waals surface area contributed by atoms with Crippen LogP contribution >= 0.6 is 0 Å². The van der Waals surface area contributed by atoms with Crippen molar-refractivity contribution in [2.24, 2.45) is 0 Å². The van der Waals surface area contributed by atoms with Gasteiger partial charge in [0.15, 0.2) is 0 Å². The van der Waals surface area contributed by atoms with Crippen LogP contribution in [-0.4, -0.2) is 13.7 Å². The average Bonchev–Trinajstić information content (AvgIpc) is 4.07. The van der Waals surface area contributed by atoms with E-state index in [-0.39, 0.29) is 0 Å². The van der Waals surface area contributed by atoms with Gasteiger partial charge in [-0.05, 0) is 173 Å². The molecule has 0 bridgehead atoms. The first-order chi connectivity index (χ1) is 35.0. The summed E-state index contributed by atoms with van der Waals surface area (Å²) in [6, 6.07) is 81.9. The second-order valence-electron chi connectivity index (χ2n) is 17.9. The van der Waals surface area contributed by atoms with Crippen LogP contribution in [0.5, 0.6) is 0 Å². The van der Waals surface area contributed by atoms with Crippen LogP contribution in [-0.2, 0) is 0 Å². The van der Waals surface area contributed by atoms with Gasteiger partial charge in [-0.1, -0.05) is 72.8 Å². The van der Waals surface area contributed by atoms with Gasteiger partial charge in [-0.15, -0.1) is 0 Å². The third-order valence-electron chi connectivity index (χ3n) is 13.9. The fourth-order valence-electron chi connectivity index (χ4n) is 10.6. The zero-order chi connectivity index (χ0) is 47.7. The van der Waals surface area contributed by atoms with Crippen molar-refractivity contribution in [3.63, 3.8) is 0 Å². The fourth-order valence-corrected chi connectivity index (χ4v) is 10.6. The number of fused-ring (bicyclic) bond motifs is 9. The van der Waals surface area contributed by atoms with E-state index in [4.69, 9.17) is 0 Å². The Labute approximate surface area is 407 Å². The molecule has 0 aliphatic carbocycles. The first kappa shape index (κ1) is 40.8. The Hall–Kier alpha value is -10.4. The van der Waals surface area contributed by atoms with Crippen LogP contribution in [0.3, 0.4) is 0 Å². The summed E-state index contributed by atoms with van der Waals surface area (Å²) in [4.78, 5) is 0. The van der Waals surface area contributed by atoms with Crippen molar-refractivity contribution in [1.29, 1.82) is 21.0 Å². The molecular formula is C64H35N7. The molecule has 0 aliphatic rings. The van der Waals surface area contributed by atoms with Gasteiger partial charge in [0.1, 0.15) is 0 Å². The number of para-hydroxylation sites is 2. The lowest BCUT2D eigenvalue weighted by Crippen LogP contribution is -1.95. The summed E-state index contributed by atoms with van der Waals surface area (Å²) in [6.07, 6.45) is 0. The zero-order valence-electron chi connectivity index (χ0n) is 37.8. The van der Waals surface area contributed by atoms with Gasteiger partial charge in [0.25, 0.3) is 0 Å². The number of aromatic nitrogens is 3. The summed E-state index contributed by atoms with van der Waals surface area (Å²) in [6.45, 7) is 0. The highest BCUT2D eigenvalue weighted by Gasteiger charge is 2.18. The Morgan fingerprint density at radius 2 is 0.479 bits per heavy atom. The van der Waals surface area contributed by atoms with E-state index >= 15 is 0 Å². The maximum atomic E-state index is 9.76. The molecule has 13 rings (SSSR count). The third-order valence-corrected chi connectivity index (χ3v) is 13.9. The molecule has 10 aromatic carbocycles. The van der Waals surface area contributed by atoms with Crippen molar-refractivity contribution >= 4 is 65.4 Å². The maximum absolute atomic E-state index is 9.76. The summed E-state index contributed by atoms with van der Waals surface area (Å²) in [7, 11) is 0. The quantitative estimate of drug-likeness (QED) is 0.165. The Kier molecular flexibility index (Phi) is 9.26. The van der Waals surface area contributed by atoms with Gasteiger partial charge in [0.2, 0.25) is 0 Å². The second kappa shape index (κ2) is 16.1. The Balaban J connectivity index is 0.936. The van der Waals surface area contributed by atoms with Gasteiger partial charge < -0.3 is 13.7 Å². The number of hydrogen-bond donors (Lipinski definition) is 0. The van der Waals surface area contributed by atoms with Gasteiger partial charge in [0.05, 0.1) is 79.6 Å². The minimum atomic E-state index is 0.567. The molecule has 0 unspecified atom stereocenters. The summed E-state index contributed by atoms with van der Waals surface area (Å²) >= 11 is 0. The van der Waals surface area contributed by atoms with Gasteiger partial charge >= 0.3 is 0 Å². The molecule has 0 radical (unpaired) electrons. The van der Waals surface area contributed by atoms with Crippen molar-refractivity contribution in [1.82, 2.24) is 13.7 Å². The van der Waals surface area contributed by atoms with Crippen LogP contribution in [0.4, 0.5) is 0 Å². The van der Waals surface area contributed by atoms with E-state index in [1.54, 1.807) is 0 Å². The summed E-state index contributed by atoms with van der Waals surface area (Å²) in [5, 5.41) is 45.2. The molecule has 3 aromatic heterocycles. The summed E-state index contributed by atoms with van der Waals surface area (Å²) in [5.41, 5.74) is 17.8. The lowest BCUT2D eigenvalue weighted by Gasteiger charge is -2.14. The van der Waals surface area contributed by atoms with Crippen LogP contribution in [0.25, 0.3) is 116 Å². The number of nitriles is 4. The number of rotatable bonds is 6. The van der Waals surface area contributed by atoms with E-state index in [0.717, 1.165) is 105 Å². The zero-order valence-corrected chi connectivity index (χ0v) is 37.8. The first-order valence-corrected chi connectivity index (χ1v) is 23.2. The maximum Gasteiger partial charge on any atom is 0.0991 e. The third kappa shape index (κ3) is 6.55. The smallest absolute Gasteiger partial charge is 0.0991 e. The fraction of sp³-hybridized carbons (Fsp3) is 0. The highest BCUT2D eigenvalue weighted by atomic mass is 15.0. The molecule has 0 N–H and O–H groups in total. The molecule has 0 saturated heterocycles. The minimum Gasteiger partial charge on any atom is -0.309 e. The lowest BCUT2D eigenvalue weighted by molar-refractivity contribution is 1.18. The van der Waals surface area contributed by atoms with Crippen molar-refractivity contribution < 1.29 is 0 Å². The number of benzene rings is 10. The highest BCUT2D eigenvalue weighted by molar-refractivity contribution is 6.12. The predicted molar refractivity (Wildman–Crippen MR) is 285 cm³/mol. The Bertz CT molecular complexity index is 4130. The van der Waals surface area contributed by atoms with Gasteiger partial charge in [-0.3, -0.25) is 0 Å². The summed E-state index contributed by atoms with van der Waals surface area (Å²) in [5.74, 6) is 0. The van der Waals surface area contributed by atoms with Crippen molar-refractivity contribution in [3.05, 3.63) is 235 Å². The van der Waals surface area contributed by atoms with Crippen LogP contribution in [0.15, 0.2) is 212 Å². The van der Waals surface area contributed by atoms with Crippen molar-refractivity contribution in [2.45, 2.75) is 0 Å². The Morgan fingerprint density at radius 1 is 0.225 bits per heavy atom. The summed E-state index contributed by atoms with van der Waals surface area (Å²) < 4.78 is 6.73. The molecule has 0 saturated carbocycles. The molecule has 3 heterocycles. The predicted octanol–water partition coefficient (Wildman–Crippen LogP) is 15.5. The standard InChI is InChI=1S/C64H35N7/c65-36-40-9-25-61-55(29-40)56-30-41(37-66)10-26-62(56)70(61)51-21-15-45(16-22-51)48-33-47(44-13-19-50(20-14-44)69-59-7-3-1-5-53(59)54-6-2-4-8-60(54)69)34-49(35-48)46-17-23-52(24-18-46)71-63-27-11-42(38-67)31-57(63)58-32-43(39-68)12-28-64(58)71/h1-35H. The van der Waals surface area contributed by atoms with E-state index in [1.807, 2.05) is 72.8 Å². The van der Waals surface area contributed by atoms with E-state index in [0.29, 0.717) is 22.3 Å². The SMILES string of the molecule is N#Cc1ccc2c(c1)c1cc(C#N)ccc1n2-c1ccc(-c2cc(-c3ccc(-n4c5ccccc5c5ccccc54)cc3)cc(-c3ccc(-n4c5ccc(C#N)cc5c5cc(C#N)ccc54)cc3)c2)cc1. The first-order valence-electron chi connectivity index (χ1n) is 23.2. The van der Waals surface area contributed by atoms with Gasteiger partial charge in [-0.25, -0.2) is 0 Å². The molecular weight excluding hydrogens is 867 g/mol. The average molecular weight is 902 g/mol. The number of hydrogen-bond acceptors (Lipinski definition) is 4. The van der Waals surface area contributed by atoms with E-state index in [1.165, 1.54) is 10.8 Å². The molecule has 0 fully saturated rings. The van der Waals surface area contributed by atoms with Crippen LogP contribution in [0.1, 0.15) is 22.3 Å². The molecule has 326 valence electrons. The molecule has 0 atom stereocenters. The largest absolute Gasteiger partial charge is 0.309 e. The highest BCUT2D eigenvalue weighted by Crippen LogP contribution is 2.39. The molecule has 0 aliphatic heterocycles. The second-order valence-corrected chi connectivity index (χ2v) is 17.9. The monoisotopic (exact) mass is 901 g/mol. The Morgan fingerprint density at radius 3 is 0.746 bits per heavy atom. The van der Waals surface area contributed by atoms with Crippen LogP contribution in [0.2, 0.25) is 0 Å². The van der Waals surface area contributed by atoms with E-state index < -0.39 is 0 Å². The van der Waals surface area contributed by atoms with E-state index in [9.17, 15) is 21.0 Å². The van der Waals surface area contributed by atoms with Crippen molar-refractivity contribution in [3.8, 4) is 74.7 Å². The molecule has 7 heteroatoms. The number of nitrogens with zero attached hydrogens (tertiary/aromatic N) is 7. The topological polar surface area (TPSA) is 110 Å². The molecule has 7 nitrogen and oxygen atoms in total.